The first kappa shape index (κ1) is 16.9. The second-order valence-electron chi connectivity index (χ2n) is 5.79. The zero-order valence-corrected chi connectivity index (χ0v) is 12.4. The molecule has 8 heteroatoms. The van der Waals surface area contributed by atoms with Crippen LogP contribution in [-0.2, 0) is 14.4 Å². The lowest BCUT2D eigenvalue weighted by molar-refractivity contribution is -0.137. The number of carbonyl (C=O) groups excluding carboxylic acids is 3. The molecule has 1 aliphatic heterocycles. The summed E-state index contributed by atoms with van der Waals surface area (Å²) in [5.74, 6) is -1.76. The summed E-state index contributed by atoms with van der Waals surface area (Å²) >= 11 is 0. The van der Waals surface area contributed by atoms with Crippen molar-refractivity contribution < 1.29 is 24.3 Å². The van der Waals surface area contributed by atoms with Gasteiger partial charge in [-0.05, 0) is 26.2 Å². The number of nitrogens with one attached hydrogen (secondary N) is 2. The van der Waals surface area contributed by atoms with Gasteiger partial charge in [0.1, 0.15) is 12.1 Å². The minimum atomic E-state index is -0.994. The first-order chi connectivity index (χ1) is 9.63. The maximum Gasteiger partial charge on any atom is 0.325 e. The fraction of sp³-hybridized carbons (Fsp3) is 0.692. The molecule has 0 radical (unpaired) electrons. The Morgan fingerprint density at radius 3 is 2.48 bits per heavy atom. The molecule has 21 heavy (non-hydrogen) atoms. The number of imide groups is 1. The van der Waals surface area contributed by atoms with Crippen molar-refractivity contribution in [1.82, 2.24) is 15.5 Å². The smallest absolute Gasteiger partial charge is 0.325 e. The number of rotatable bonds is 7. The van der Waals surface area contributed by atoms with Crippen LogP contribution >= 0.6 is 0 Å². The number of nitrogens with zero attached hydrogens (tertiary/aromatic N) is 1. The average molecular weight is 299 g/mol. The van der Waals surface area contributed by atoms with Crippen LogP contribution in [0.3, 0.4) is 0 Å². The van der Waals surface area contributed by atoms with Gasteiger partial charge >= 0.3 is 12.0 Å². The topological polar surface area (TPSA) is 116 Å². The summed E-state index contributed by atoms with van der Waals surface area (Å²) < 4.78 is 0. The van der Waals surface area contributed by atoms with Gasteiger partial charge in [0.2, 0.25) is 5.91 Å². The Hall–Kier alpha value is -2.12. The summed E-state index contributed by atoms with van der Waals surface area (Å²) in [6, 6.07) is -0.584. The van der Waals surface area contributed by atoms with E-state index in [-0.39, 0.29) is 18.9 Å². The van der Waals surface area contributed by atoms with Gasteiger partial charge < -0.3 is 15.7 Å². The Morgan fingerprint density at radius 1 is 1.38 bits per heavy atom. The van der Waals surface area contributed by atoms with Gasteiger partial charge in [-0.1, -0.05) is 6.92 Å². The molecule has 1 fully saturated rings. The number of hydrogen-bond donors (Lipinski definition) is 3. The Kier molecular flexibility index (Phi) is 5.28. The number of carboxylic acids is 1. The molecule has 0 aromatic heterocycles. The third-order valence-electron chi connectivity index (χ3n) is 3.24. The van der Waals surface area contributed by atoms with Crippen molar-refractivity contribution in [3.05, 3.63) is 0 Å². The Labute approximate surface area is 122 Å². The quantitative estimate of drug-likeness (QED) is 0.569. The van der Waals surface area contributed by atoms with E-state index in [1.165, 1.54) is 0 Å². The van der Waals surface area contributed by atoms with Crippen molar-refractivity contribution in [1.29, 1.82) is 0 Å². The molecule has 118 valence electrons. The van der Waals surface area contributed by atoms with Gasteiger partial charge in [0.05, 0.1) is 0 Å². The molecule has 1 atom stereocenters. The lowest BCUT2D eigenvalue weighted by Crippen LogP contribution is -2.43. The minimum absolute atomic E-state index is 0.00426. The first-order valence-corrected chi connectivity index (χ1v) is 6.76. The summed E-state index contributed by atoms with van der Waals surface area (Å²) in [5, 5.41) is 13.6. The van der Waals surface area contributed by atoms with E-state index in [9.17, 15) is 19.2 Å². The van der Waals surface area contributed by atoms with Crippen molar-refractivity contribution in [2.75, 3.05) is 13.1 Å². The molecule has 3 N–H and O–H groups in total. The zero-order chi connectivity index (χ0) is 16.2. The van der Waals surface area contributed by atoms with Crippen molar-refractivity contribution in [3.8, 4) is 0 Å². The largest absolute Gasteiger partial charge is 0.481 e. The van der Waals surface area contributed by atoms with E-state index in [0.29, 0.717) is 13.0 Å². The summed E-state index contributed by atoms with van der Waals surface area (Å²) in [4.78, 5) is 46.5. The Bertz CT molecular complexity index is 461. The maximum atomic E-state index is 11.9. The molecule has 0 aromatic carbocycles. The van der Waals surface area contributed by atoms with E-state index in [2.05, 4.69) is 10.6 Å². The highest BCUT2D eigenvalue weighted by atomic mass is 16.4. The average Bonchev–Trinajstić information content (AvgIpc) is 2.56. The van der Waals surface area contributed by atoms with Crippen molar-refractivity contribution in [2.24, 2.45) is 5.92 Å². The molecule has 0 bridgehead atoms. The molecule has 1 rings (SSSR count). The highest BCUT2D eigenvalue weighted by Crippen LogP contribution is 2.15. The van der Waals surface area contributed by atoms with Crippen LogP contribution < -0.4 is 10.6 Å². The summed E-state index contributed by atoms with van der Waals surface area (Å²) in [7, 11) is 0. The normalized spacial score (nSPS) is 18.3. The fourth-order valence-electron chi connectivity index (χ4n) is 1.92. The number of hydrogen-bond acceptors (Lipinski definition) is 4. The zero-order valence-electron chi connectivity index (χ0n) is 12.4. The molecule has 4 amide bonds. The van der Waals surface area contributed by atoms with Gasteiger partial charge in [-0.2, -0.15) is 0 Å². The van der Waals surface area contributed by atoms with E-state index in [1.54, 1.807) is 13.8 Å². The number of amides is 4. The highest BCUT2D eigenvalue weighted by Gasteiger charge is 2.44. The number of carboxylic acid groups (broad SMARTS) is 1. The van der Waals surface area contributed by atoms with E-state index < -0.39 is 29.4 Å². The standard InChI is InChI=1S/C13H21N3O5/c1-8(4-5-10(18)19)6-14-9(17)7-16-11(20)13(2,3)15-12(16)21/h8H,4-7H2,1-3H3,(H,14,17)(H,15,21)(H,18,19). The summed E-state index contributed by atoms with van der Waals surface area (Å²) in [6.45, 7) is 4.93. The number of urea groups is 1. The van der Waals surface area contributed by atoms with E-state index in [4.69, 9.17) is 5.11 Å². The van der Waals surface area contributed by atoms with Gasteiger partial charge in [0.15, 0.2) is 0 Å². The molecule has 1 heterocycles. The van der Waals surface area contributed by atoms with Crippen molar-refractivity contribution in [3.63, 3.8) is 0 Å². The highest BCUT2D eigenvalue weighted by molar-refractivity contribution is 6.08. The van der Waals surface area contributed by atoms with E-state index >= 15 is 0 Å². The molecule has 0 aromatic rings. The summed E-state index contributed by atoms with van der Waals surface area (Å²) in [5.41, 5.74) is -0.994. The third kappa shape index (κ3) is 4.73. The van der Waals surface area contributed by atoms with Crippen LogP contribution in [0.2, 0.25) is 0 Å². The van der Waals surface area contributed by atoms with Gasteiger partial charge in [0.25, 0.3) is 5.91 Å². The monoisotopic (exact) mass is 299 g/mol. The van der Waals surface area contributed by atoms with Crippen molar-refractivity contribution >= 4 is 23.8 Å². The maximum absolute atomic E-state index is 11.9. The van der Waals surface area contributed by atoms with Crippen LogP contribution in [0.25, 0.3) is 0 Å². The van der Waals surface area contributed by atoms with Gasteiger partial charge in [-0.3, -0.25) is 19.3 Å². The van der Waals surface area contributed by atoms with Crippen LogP contribution in [0.15, 0.2) is 0 Å². The predicted molar refractivity (Wildman–Crippen MR) is 73.4 cm³/mol. The molecule has 8 nitrogen and oxygen atoms in total. The van der Waals surface area contributed by atoms with Gasteiger partial charge in [-0.15, -0.1) is 0 Å². The molecule has 1 saturated heterocycles. The van der Waals surface area contributed by atoms with Gasteiger partial charge in [-0.25, -0.2) is 4.79 Å². The fourth-order valence-corrected chi connectivity index (χ4v) is 1.92. The minimum Gasteiger partial charge on any atom is -0.481 e. The van der Waals surface area contributed by atoms with E-state index in [1.807, 2.05) is 6.92 Å². The predicted octanol–water partition coefficient (Wildman–Crippen LogP) is -0.0661. The van der Waals surface area contributed by atoms with Crippen LogP contribution in [-0.4, -0.2) is 52.4 Å². The number of aliphatic carboxylic acids is 1. The van der Waals surface area contributed by atoms with Crippen LogP contribution in [0.4, 0.5) is 4.79 Å². The van der Waals surface area contributed by atoms with Crippen molar-refractivity contribution in [2.45, 2.75) is 39.2 Å². The second kappa shape index (κ2) is 6.55. The molecule has 1 aliphatic rings. The first-order valence-electron chi connectivity index (χ1n) is 6.76. The molecular formula is C13H21N3O5. The van der Waals surface area contributed by atoms with Crippen LogP contribution in [0.5, 0.6) is 0 Å². The van der Waals surface area contributed by atoms with Gasteiger partial charge in [0, 0.05) is 13.0 Å². The second-order valence-corrected chi connectivity index (χ2v) is 5.79. The SMILES string of the molecule is CC(CCC(=O)O)CNC(=O)CN1C(=O)NC(C)(C)C1=O. The molecule has 0 aliphatic carbocycles. The Morgan fingerprint density at radius 2 is 2.00 bits per heavy atom. The van der Waals surface area contributed by atoms with Crippen LogP contribution in [0.1, 0.15) is 33.6 Å². The third-order valence-corrected chi connectivity index (χ3v) is 3.24. The molecule has 0 spiro atoms. The molecule has 1 unspecified atom stereocenters. The Balaban J connectivity index is 2.39. The lowest BCUT2D eigenvalue weighted by Gasteiger charge is -2.16. The molecular weight excluding hydrogens is 278 g/mol. The van der Waals surface area contributed by atoms with E-state index in [0.717, 1.165) is 4.90 Å². The molecule has 0 saturated carbocycles. The number of carbonyl (C=O) groups is 4. The summed E-state index contributed by atoms with van der Waals surface area (Å²) in [6.07, 6.45) is 0.490. The lowest BCUT2D eigenvalue weighted by atomic mass is 10.1. The van der Waals surface area contributed by atoms with Crippen LogP contribution in [0, 0.1) is 5.92 Å².